The fourth-order valence-corrected chi connectivity index (χ4v) is 11.3. The number of carbonyl (C=O) groups is 1. The van der Waals surface area contributed by atoms with Crippen molar-refractivity contribution in [2.75, 3.05) is 13.7 Å². The quantitative estimate of drug-likeness (QED) is 0.333. The molecule has 0 aromatic carbocycles. The van der Waals surface area contributed by atoms with Crippen LogP contribution in [0.25, 0.3) is 0 Å². The van der Waals surface area contributed by atoms with Gasteiger partial charge in [0.05, 0.1) is 24.7 Å². The largest absolute Gasteiger partial charge is 0.469 e. The van der Waals surface area contributed by atoms with Crippen LogP contribution in [-0.4, -0.2) is 47.2 Å². The lowest BCUT2D eigenvalue weighted by Crippen LogP contribution is -2.67. The summed E-state index contributed by atoms with van der Waals surface area (Å²) in [7, 11) is 1.56. The maximum absolute atomic E-state index is 13.4. The third kappa shape index (κ3) is 3.48. The average molecular weight is 517 g/mol. The zero-order valence-electron chi connectivity index (χ0n) is 24.4. The Morgan fingerprint density at radius 1 is 0.973 bits per heavy atom. The summed E-state index contributed by atoms with van der Waals surface area (Å²) >= 11 is 0. The van der Waals surface area contributed by atoms with Crippen LogP contribution >= 0.6 is 0 Å². The normalized spacial score (nSPS) is 52.6. The molecule has 210 valence electrons. The second-order valence-corrected chi connectivity index (χ2v) is 15.6. The van der Waals surface area contributed by atoms with Crippen molar-refractivity contribution in [3.63, 3.8) is 0 Å². The molecule has 5 aliphatic rings. The highest BCUT2D eigenvalue weighted by Gasteiger charge is 2.70. The molecule has 0 unspecified atom stereocenters. The summed E-state index contributed by atoms with van der Waals surface area (Å²) in [6.07, 6.45) is 10.0. The predicted octanol–water partition coefficient (Wildman–Crippen LogP) is 5.66. The van der Waals surface area contributed by atoms with Gasteiger partial charge in [-0.25, -0.2) is 0 Å². The third-order valence-corrected chi connectivity index (χ3v) is 13.6. The van der Waals surface area contributed by atoms with E-state index in [9.17, 15) is 20.1 Å². The number of allylic oxidation sites excluding steroid dienone is 2. The highest BCUT2D eigenvalue weighted by atomic mass is 16.5. The zero-order valence-corrected chi connectivity index (χ0v) is 24.4. The molecule has 5 heteroatoms. The molecule has 0 heterocycles. The van der Waals surface area contributed by atoms with Crippen LogP contribution in [0.2, 0.25) is 0 Å². The molecular weight excluding hydrogens is 464 g/mol. The molecule has 4 fully saturated rings. The molecule has 0 aromatic rings. The Balaban J connectivity index is 1.60. The lowest BCUT2D eigenvalue weighted by Gasteiger charge is -2.71. The van der Waals surface area contributed by atoms with Crippen molar-refractivity contribution in [1.29, 1.82) is 0 Å². The van der Waals surface area contributed by atoms with E-state index >= 15 is 0 Å². The van der Waals surface area contributed by atoms with E-state index in [1.165, 1.54) is 5.57 Å². The number of hydrogen-bond acceptors (Lipinski definition) is 5. The molecule has 0 aromatic heterocycles. The van der Waals surface area contributed by atoms with Crippen molar-refractivity contribution in [2.45, 2.75) is 118 Å². The monoisotopic (exact) mass is 516 g/mol. The third-order valence-electron chi connectivity index (χ3n) is 13.6. The molecule has 5 nitrogen and oxygen atoms in total. The fraction of sp³-hybridized carbons (Fsp3) is 0.906. The van der Waals surface area contributed by atoms with E-state index in [4.69, 9.17) is 4.74 Å². The molecule has 0 aliphatic heterocycles. The molecule has 0 amide bonds. The van der Waals surface area contributed by atoms with E-state index in [0.29, 0.717) is 18.8 Å². The van der Waals surface area contributed by atoms with Gasteiger partial charge in [-0.15, -0.1) is 0 Å². The number of rotatable bonds is 3. The molecule has 37 heavy (non-hydrogen) atoms. The summed E-state index contributed by atoms with van der Waals surface area (Å²) in [4.78, 5) is 13.4. The Kier molecular flexibility index (Phi) is 6.38. The van der Waals surface area contributed by atoms with E-state index in [0.717, 1.165) is 51.4 Å². The Hall–Kier alpha value is -0.910. The van der Waals surface area contributed by atoms with E-state index in [-0.39, 0.29) is 46.1 Å². The molecule has 5 rings (SSSR count). The van der Waals surface area contributed by atoms with Gasteiger partial charge in [0, 0.05) is 12.0 Å². The zero-order chi connectivity index (χ0) is 27.2. The van der Waals surface area contributed by atoms with E-state index in [1.54, 1.807) is 7.11 Å². The second-order valence-electron chi connectivity index (χ2n) is 15.6. The van der Waals surface area contributed by atoms with Gasteiger partial charge in [-0.3, -0.25) is 4.79 Å². The standard InChI is InChI=1S/C32H52O5/c1-27(2)12-14-32(26(36)37-7)15-13-30(5)20(21(32)18-27)8-9-24-29(4)19-22(34)25(35)28(3,16-17-33)23(29)10-11-31(24,30)6/h8,21-25,33-35H,9-19H2,1-7H3/t21-,22-,23+,24+,25-,28-,29-,30+,31+,32-/m0/s1. The van der Waals surface area contributed by atoms with Crippen LogP contribution in [-0.2, 0) is 9.53 Å². The van der Waals surface area contributed by atoms with Crippen LogP contribution in [0.5, 0.6) is 0 Å². The number of hydrogen-bond donors (Lipinski definition) is 3. The van der Waals surface area contributed by atoms with Crippen molar-refractivity contribution in [2.24, 2.45) is 50.2 Å². The van der Waals surface area contributed by atoms with Gasteiger partial charge < -0.3 is 20.1 Å². The summed E-state index contributed by atoms with van der Waals surface area (Å²) in [5.74, 6) is 0.857. The second kappa shape index (κ2) is 8.54. The molecule has 0 bridgehead atoms. The van der Waals surface area contributed by atoms with Crippen molar-refractivity contribution < 1.29 is 24.9 Å². The molecular formula is C32H52O5. The number of ether oxygens (including phenoxy) is 1. The van der Waals surface area contributed by atoms with Crippen LogP contribution in [0.3, 0.4) is 0 Å². The number of esters is 1. The van der Waals surface area contributed by atoms with Crippen molar-refractivity contribution in [3.8, 4) is 0 Å². The van der Waals surface area contributed by atoms with Crippen molar-refractivity contribution in [1.82, 2.24) is 0 Å². The first-order valence-corrected chi connectivity index (χ1v) is 14.9. The van der Waals surface area contributed by atoms with E-state index in [1.807, 2.05) is 0 Å². The van der Waals surface area contributed by atoms with Crippen LogP contribution in [0.15, 0.2) is 11.6 Å². The summed E-state index contributed by atoms with van der Waals surface area (Å²) in [6.45, 7) is 14.2. The Bertz CT molecular complexity index is 972. The Morgan fingerprint density at radius 2 is 1.65 bits per heavy atom. The highest BCUT2D eigenvalue weighted by Crippen LogP contribution is 2.76. The number of aliphatic hydroxyl groups is 3. The van der Waals surface area contributed by atoms with Gasteiger partial charge in [-0.2, -0.15) is 0 Å². The Morgan fingerprint density at radius 3 is 2.30 bits per heavy atom. The van der Waals surface area contributed by atoms with Gasteiger partial charge in [0.25, 0.3) is 0 Å². The smallest absolute Gasteiger partial charge is 0.312 e. The molecule has 0 saturated heterocycles. The van der Waals surface area contributed by atoms with Gasteiger partial charge >= 0.3 is 5.97 Å². The number of aliphatic hydroxyl groups excluding tert-OH is 3. The lowest BCUT2D eigenvalue weighted by molar-refractivity contribution is -0.239. The molecule has 0 spiro atoms. The molecule has 3 N–H and O–H groups in total. The van der Waals surface area contributed by atoms with Crippen molar-refractivity contribution >= 4 is 5.97 Å². The van der Waals surface area contributed by atoms with Gasteiger partial charge in [-0.1, -0.05) is 53.2 Å². The van der Waals surface area contributed by atoms with Crippen LogP contribution in [0.4, 0.5) is 0 Å². The van der Waals surface area contributed by atoms with E-state index in [2.05, 4.69) is 47.6 Å². The van der Waals surface area contributed by atoms with Crippen LogP contribution in [0.1, 0.15) is 106 Å². The first-order valence-electron chi connectivity index (χ1n) is 14.9. The predicted molar refractivity (Wildman–Crippen MR) is 144 cm³/mol. The van der Waals surface area contributed by atoms with Crippen LogP contribution in [0, 0.1) is 50.2 Å². The SMILES string of the molecule is COC(=O)[C@]12CCC(C)(C)C[C@H]1C1=CC[C@@H]3[C@@]4(C)C[C@H](O)[C@H](O)[C@@](C)(CCO)[C@H]4CC[C@@]3(C)[C@]1(C)CC2. The summed E-state index contributed by atoms with van der Waals surface area (Å²) in [5, 5.41) is 32.2. The minimum atomic E-state index is -0.799. The number of carbonyl (C=O) groups excluding carboxylic acids is 1. The fourth-order valence-electron chi connectivity index (χ4n) is 11.3. The maximum atomic E-state index is 13.4. The highest BCUT2D eigenvalue weighted by molar-refractivity contribution is 5.78. The van der Waals surface area contributed by atoms with Gasteiger partial charge in [-0.05, 0) is 104 Å². The minimum absolute atomic E-state index is 0.00605. The van der Waals surface area contributed by atoms with Gasteiger partial charge in [0.2, 0.25) is 0 Å². The van der Waals surface area contributed by atoms with Gasteiger partial charge in [0.15, 0.2) is 0 Å². The summed E-state index contributed by atoms with van der Waals surface area (Å²) in [6, 6.07) is 0. The topological polar surface area (TPSA) is 87.0 Å². The number of methoxy groups -OCH3 is 1. The number of fused-ring (bicyclic) bond motifs is 7. The lowest BCUT2D eigenvalue weighted by atomic mass is 9.33. The first-order chi connectivity index (χ1) is 17.2. The van der Waals surface area contributed by atoms with Crippen LogP contribution < -0.4 is 0 Å². The summed E-state index contributed by atoms with van der Waals surface area (Å²) in [5.41, 5.74) is 0.745. The molecule has 0 radical (unpaired) electrons. The Labute approximate surface area is 224 Å². The first kappa shape index (κ1) is 27.6. The van der Waals surface area contributed by atoms with Crippen molar-refractivity contribution in [3.05, 3.63) is 11.6 Å². The molecule has 10 atom stereocenters. The van der Waals surface area contributed by atoms with Gasteiger partial charge in [0.1, 0.15) is 0 Å². The molecule has 4 saturated carbocycles. The van der Waals surface area contributed by atoms with E-state index < -0.39 is 23.0 Å². The average Bonchev–Trinajstić information content (AvgIpc) is 2.82. The molecule has 5 aliphatic carbocycles. The summed E-state index contributed by atoms with van der Waals surface area (Å²) < 4.78 is 5.48. The maximum Gasteiger partial charge on any atom is 0.312 e. The minimum Gasteiger partial charge on any atom is -0.469 e.